The van der Waals surface area contributed by atoms with Gasteiger partial charge in [0.25, 0.3) is 0 Å². The van der Waals surface area contributed by atoms with Crippen LogP contribution in [-0.2, 0) is 6.42 Å². The zero-order valence-electron chi connectivity index (χ0n) is 12.4. The second-order valence-corrected chi connectivity index (χ2v) is 7.21. The van der Waals surface area contributed by atoms with Crippen molar-refractivity contribution in [2.45, 2.75) is 32.8 Å². The van der Waals surface area contributed by atoms with Crippen LogP contribution in [0.4, 0.5) is 0 Å². The van der Waals surface area contributed by atoms with Crippen molar-refractivity contribution in [3.8, 4) is 5.75 Å². The lowest BCUT2D eigenvalue weighted by molar-refractivity contribution is 0.103. The van der Waals surface area contributed by atoms with Gasteiger partial charge in [0.15, 0.2) is 5.78 Å². The average molecular weight is 392 g/mol. The number of hydrogen-bond acceptors (Lipinski definition) is 2. The Balaban J connectivity index is 1.99. The zero-order valence-corrected chi connectivity index (χ0v) is 14.5. The van der Waals surface area contributed by atoms with Gasteiger partial charge in [0.2, 0.25) is 0 Å². The van der Waals surface area contributed by atoms with Crippen LogP contribution in [0, 0.1) is 10.5 Å². The molecule has 0 saturated heterocycles. The molecule has 0 aromatic heterocycles. The van der Waals surface area contributed by atoms with Gasteiger partial charge in [0.05, 0.1) is 0 Å². The van der Waals surface area contributed by atoms with Gasteiger partial charge in [-0.15, -0.1) is 0 Å². The predicted octanol–water partition coefficient (Wildman–Crippen LogP) is 4.54. The van der Waals surface area contributed by atoms with Crippen LogP contribution in [0.1, 0.15) is 40.9 Å². The molecular formula is C18H17IO2. The zero-order chi connectivity index (χ0) is 15.2. The molecule has 0 N–H and O–H groups in total. The van der Waals surface area contributed by atoms with Gasteiger partial charge in [-0.1, -0.05) is 12.1 Å². The van der Waals surface area contributed by atoms with Crippen molar-refractivity contribution in [3.05, 3.63) is 62.2 Å². The maximum absolute atomic E-state index is 12.7. The average Bonchev–Trinajstić information content (AvgIpc) is 2.73. The maximum atomic E-state index is 12.7. The van der Waals surface area contributed by atoms with Crippen molar-refractivity contribution in [2.24, 2.45) is 0 Å². The Bertz CT molecular complexity index is 732. The smallest absolute Gasteiger partial charge is 0.194 e. The van der Waals surface area contributed by atoms with E-state index in [0.29, 0.717) is 0 Å². The number of hydrogen-bond donors (Lipinski definition) is 0. The van der Waals surface area contributed by atoms with Crippen molar-refractivity contribution in [2.75, 3.05) is 0 Å². The number of aryl methyl sites for hydroxylation is 1. The van der Waals surface area contributed by atoms with Crippen LogP contribution in [0.3, 0.4) is 0 Å². The highest BCUT2D eigenvalue weighted by atomic mass is 127. The normalized spacial score (nSPS) is 15.4. The molecule has 0 aliphatic carbocycles. The van der Waals surface area contributed by atoms with E-state index in [0.717, 1.165) is 38.0 Å². The first-order valence-corrected chi connectivity index (χ1v) is 8.07. The summed E-state index contributed by atoms with van der Waals surface area (Å²) in [6.07, 6.45) is 0.842. The predicted molar refractivity (Wildman–Crippen MR) is 92.2 cm³/mol. The van der Waals surface area contributed by atoms with Crippen LogP contribution in [0.5, 0.6) is 5.75 Å². The summed E-state index contributed by atoms with van der Waals surface area (Å²) in [5.74, 6) is 0.978. The van der Waals surface area contributed by atoms with E-state index in [-0.39, 0.29) is 11.4 Å². The van der Waals surface area contributed by atoms with Gasteiger partial charge in [-0.25, -0.2) is 0 Å². The van der Waals surface area contributed by atoms with E-state index < -0.39 is 0 Å². The van der Waals surface area contributed by atoms with Crippen molar-refractivity contribution >= 4 is 28.4 Å². The lowest BCUT2D eigenvalue weighted by atomic mass is 9.96. The van der Waals surface area contributed by atoms with E-state index in [1.807, 2.05) is 43.3 Å². The number of halogens is 1. The number of carbonyl (C=O) groups is 1. The van der Waals surface area contributed by atoms with Gasteiger partial charge in [-0.3, -0.25) is 4.79 Å². The summed E-state index contributed by atoms with van der Waals surface area (Å²) in [5, 5.41) is 0. The van der Waals surface area contributed by atoms with E-state index in [1.165, 1.54) is 0 Å². The SMILES string of the molecule is Cc1cccc(C(=O)c2ccc3c(c2)CC(C)(C)O3)c1I. The van der Waals surface area contributed by atoms with Crippen molar-refractivity contribution < 1.29 is 9.53 Å². The molecule has 0 fully saturated rings. The maximum Gasteiger partial charge on any atom is 0.194 e. The number of carbonyl (C=O) groups excluding carboxylic acids is 1. The Hall–Kier alpha value is -1.36. The first kappa shape index (κ1) is 14.6. The van der Waals surface area contributed by atoms with Gasteiger partial charge >= 0.3 is 0 Å². The van der Waals surface area contributed by atoms with E-state index in [4.69, 9.17) is 4.74 Å². The topological polar surface area (TPSA) is 26.3 Å². The minimum Gasteiger partial charge on any atom is -0.487 e. The summed E-state index contributed by atoms with van der Waals surface area (Å²) in [5.41, 5.74) is 3.58. The summed E-state index contributed by atoms with van der Waals surface area (Å²) < 4.78 is 6.89. The summed E-state index contributed by atoms with van der Waals surface area (Å²) in [7, 11) is 0. The summed E-state index contributed by atoms with van der Waals surface area (Å²) in [6, 6.07) is 11.6. The molecule has 0 bridgehead atoms. The molecule has 1 aliphatic heterocycles. The third-order valence-corrected chi connectivity index (χ3v) is 5.19. The molecule has 1 heterocycles. The van der Waals surface area contributed by atoms with Crippen LogP contribution in [0.15, 0.2) is 36.4 Å². The lowest BCUT2D eigenvalue weighted by Gasteiger charge is -2.16. The Morgan fingerprint density at radius 3 is 2.76 bits per heavy atom. The van der Waals surface area contributed by atoms with Gasteiger partial charge < -0.3 is 4.74 Å². The number of ether oxygens (including phenoxy) is 1. The number of ketones is 1. The Labute approximate surface area is 138 Å². The van der Waals surface area contributed by atoms with Crippen LogP contribution < -0.4 is 4.74 Å². The molecule has 1 aliphatic rings. The van der Waals surface area contributed by atoms with Crippen LogP contribution in [0.25, 0.3) is 0 Å². The summed E-state index contributed by atoms with van der Waals surface area (Å²) in [4.78, 5) is 12.7. The van der Waals surface area contributed by atoms with Gasteiger partial charge in [0, 0.05) is 21.1 Å². The molecule has 0 radical (unpaired) electrons. The van der Waals surface area contributed by atoms with Crippen molar-refractivity contribution in [3.63, 3.8) is 0 Å². The quantitative estimate of drug-likeness (QED) is 0.554. The molecule has 3 heteroatoms. The van der Waals surface area contributed by atoms with Gasteiger partial charge in [-0.2, -0.15) is 0 Å². The standard InChI is InChI=1S/C18H17IO2/c1-11-5-4-6-14(16(11)19)17(20)12-7-8-15-13(9-12)10-18(2,3)21-15/h4-9H,10H2,1-3H3. The van der Waals surface area contributed by atoms with E-state index in [9.17, 15) is 4.79 Å². The summed E-state index contributed by atoms with van der Waals surface area (Å²) in [6.45, 7) is 6.16. The third-order valence-electron chi connectivity index (χ3n) is 3.76. The molecule has 0 atom stereocenters. The molecule has 3 rings (SSSR count). The van der Waals surface area contributed by atoms with Crippen LogP contribution >= 0.6 is 22.6 Å². The molecular weight excluding hydrogens is 375 g/mol. The molecule has 2 aromatic carbocycles. The van der Waals surface area contributed by atoms with Crippen molar-refractivity contribution in [1.82, 2.24) is 0 Å². The third kappa shape index (κ3) is 2.71. The molecule has 0 saturated carbocycles. The van der Waals surface area contributed by atoms with Crippen LogP contribution in [-0.4, -0.2) is 11.4 Å². The lowest BCUT2D eigenvalue weighted by Crippen LogP contribution is -2.24. The summed E-state index contributed by atoms with van der Waals surface area (Å²) >= 11 is 2.24. The largest absolute Gasteiger partial charge is 0.487 e. The fourth-order valence-electron chi connectivity index (χ4n) is 2.73. The van der Waals surface area contributed by atoms with Crippen LogP contribution in [0.2, 0.25) is 0 Å². The van der Waals surface area contributed by atoms with E-state index >= 15 is 0 Å². The fourth-order valence-corrected chi connectivity index (χ4v) is 3.33. The van der Waals surface area contributed by atoms with Gasteiger partial charge in [0.1, 0.15) is 11.4 Å². The number of benzene rings is 2. The fraction of sp³-hybridized carbons (Fsp3) is 0.278. The Morgan fingerprint density at radius 1 is 1.24 bits per heavy atom. The molecule has 0 amide bonds. The molecule has 0 unspecified atom stereocenters. The number of rotatable bonds is 2. The highest BCUT2D eigenvalue weighted by molar-refractivity contribution is 14.1. The Kier molecular flexibility index (Phi) is 3.56. The van der Waals surface area contributed by atoms with E-state index in [1.54, 1.807) is 0 Å². The molecule has 108 valence electrons. The second-order valence-electron chi connectivity index (χ2n) is 6.13. The minimum atomic E-state index is -0.179. The van der Waals surface area contributed by atoms with Gasteiger partial charge in [-0.05, 0) is 78.8 Å². The van der Waals surface area contributed by atoms with Crippen molar-refractivity contribution in [1.29, 1.82) is 0 Å². The second kappa shape index (κ2) is 5.13. The molecule has 21 heavy (non-hydrogen) atoms. The van der Waals surface area contributed by atoms with E-state index in [2.05, 4.69) is 36.4 Å². The first-order chi connectivity index (χ1) is 9.87. The first-order valence-electron chi connectivity index (χ1n) is 6.99. The minimum absolute atomic E-state index is 0.0793. The molecule has 0 spiro atoms. The Morgan fingerprint density at radius 2 is 2.00 bits per heavy atom. The highest BCUT2D eigenvalue weighted by Crippen LogP contribution is 2.35. The molecule has 2 aromatic rings. The monoisotopic (exact) mass is 392 g/mol. The number of fused-ring (bicyclic) bond motifs is 1. The highest BCUT2D eigenvalue weighted by Gasteiger charge is 2.30. The molecule has 2 nitrogen and oxygen atoms in total.